The fourth-order valence-corrected chi connectivity index (χ4v) is 3.24. The number of carbonyl (C=O) groups is 1. The Morgan fingerprint density at radius 2 is 2.00 bits per heavy atom. The van der Waals surface area contributed by atoms with Crippen LogP contribution in [0.3, 0.4) is 0 Å². The van der Waals surface area contributed by atoms with Crippen LogP contribution in [0.15, 0.2) is 11.1 Å². The normalized spacial score (nSPS) is 20.9. The summed E-state index contributed by atoms with van der Waals surface area (Å²) in [5, 5.41) is 0.293. The van der Waals surface area contributed by atoms with Gasteiger partial charge in [0.1, 0.15) is 0 Å². The van der Waals surface area contributed by atoms with E-state index in [4.69, 9.17) is 0 Å². The van der Waals surface area contributed by atoms with E-state index in [1.54, 1.807) is 0 Å². The van der Waals surface area contributed by atoms with Gasteiger partial charge in [-0.2, -0.15) is 0 Å². The average molecular weight is 255 g/mol. The monoisotopic (exact) mass is 255 g/mol. The lowest BCUT2D eigenvalue weighted by atomic mass is 10.1. The Labute approximate surface area is 110 Å². The van der Waals surface area contributed by atoms with Crippen molar-refractivity contribution in [1.82, 2.24) is 4.90 Å². The number of nitrogens with zero attached hydrogens (tertiary/aromatic N) is 1. The molecule has 1 amide bonds. The van der Waals surface area contributed by atoms with Crippen molar-refractivity contribution in [2.75, 3.05) is 12.3 Å². The lowest BCUT2D eigenvalue weighted by Gasteiger charge is -2.26. The number of carbonyl (C=O) groups excluding carboxylic acids is 1. The number of rotatable bonds is 6. The van der Waals surface area contributed by atoms with E-state index in [2.05, 4.69) is 32.6 Å². The fraction of sp³-hybridized carbons (Fsp3) is 0.786. The summed E-state index contributed by atoms with van der Waals surface area (Å²) in [6, 6.07) is 0. The predicted molar refractivity (Wildman–Crippen MR) is 76.1 cm³/mol. The minimum Gasteiger partial charge on any atom is -0.323 e. The molecule has 1 aliphatic rings. The molecule has 0 aromatic heterocycles. The molecule has 1 rings (SSSR count). The number of hydrogen-bond donors (Lipinski definition) is 0. The highest BCUT2D eigenvalue weighted by Gasteiger charge is 2.34. The molecule has 1 heterocycles. The van der Waals surface area contributed by atoms with Gasteiger partial charge in [0.05, 0.1) is 5.37 Å². The molecule has 0 unspecified atom stereocenters. The summed E-state index contributed by atoms with van der Waals surface area (Å²) in [6.07, 6.45) is 2.26. The van der Waals surface area contributed by atoms with E-state index in [-0.39, 0.29) is 5.91 Å². The molecule has 0 aromatic carbocycles. The Bertz CT molecular complexity index is 309. The first-order valence-corrected chi connectivity index (χ1v) is 7.63. The molecule has 0 saturated carbocycles. The quantitative estimate of drug-likeness (QED) is 0.721. The minimum absolute atomic E-state index is 0.247. The molecular weight excluding hydrogens is 230 g/mol. The second kappa shape index (κ2) is 6.48. The number of hydrogen-bond acceptors (Lipinski definition) is 2. The summed E-state index contributed by atoms with van der Waals surface area (Å²) >= 11 is 1.91. The number of amides is 1. The molecule has 2 nitrogen and oxygen atoms in total. The molecule has 3 heteroatoms. The predicted octanol–water partition coefficient (Wildman–Crippen LogP) is 3.68. The Hall–Kier alpha value is -0.440. The summed E-state index contributed by atoms with van der Waals surface area (Å²) in [5.41, 5.74) is 2.22. The van der Waals surface area contributed by atoms with Crippen LogP contribution in [-0.2, 0) is 4.79 Å². The zero-order valence-corrected chi connectivity index (χ0v) is 12.6. The lowest BCUT2D eigenvalue weighted by Crippen LogP contribution is -2.35. The van der Waals surface area contributed by atoms with Gasteiger partial charge < -0.3 is 4.90 Å². The topological polar surface area (TPSA) is 20.3 Å². The van der Waals surface area contributed by atoms with E-state index in [1.807, 2.05) is 18.7 Å². The third-order valence-electron chi connectivity index (χ3n) is 3.25. The summed E-state index contributed by atoms with van der Waals surface area (Å²) in [4.78, 5) is 14.2. The zero-order valence-electron chi connectivity index (χ0n) is 11.7. The van der Waals surface area contributed by atoms with Gasteiger partial charge in [-0.25, -0.2) is 0 Å². The minimum atomic E-state index is 0.247. The van der Waals surface area contributed by atoms with Crippen molar-refractivity contribution >= 4 is 17.7 Å². The van der Waals surface area contributed by atoms with Crippen LogP contribution in [0.1, 0.15) is 47.5 Å². The van der Waals surface area contributed by atoms with Gasteiger partial charge in [0.2, 0.25) is 0 Å². The molecule has 98 valence electrons. The third-order valence-corrected chi connectivity index (χ3v) is 4.82. The third kappa shape index (κ3) is 3.51. The molecule has 17 heavy (non-hydrogen) atoms. The van der Waals surface area contributed by atoms with Gasteiger partial charge in [0.15, 0.2) is 0 Å². The van der Waals surface area contributed by atoms with Crippen LogP contribution in [0.2, 0.25) is 0 Å². The molecule has 0 spiro atoms. The highest BCUT2D eigenvalue weighted by Crippen LogP contribution is 2.33. The van der Waals surface area contributed by atoms with Gasteiger partial charge in [-0.05, 0) is 43.9 Å². The Morgan fingerprint density at radius 3 is 2.53 bits per heavy atom. The van der Waals surface area contributed by atoms with Crippen molar-refractivity contribution in [2.45, 2.75) is 52.8 Å². The molecule has 0 aromatic rings. The first kappa shape index (κ1) is 14.6. The van der Waals surface area contributed by atoms with Gasteiger partial charge in [0.25, 0.3) is 5.91 Å². The highest BCUT2D eigenvalue weighted by atomic mass is 32.2. The molecule has 0 N–H and O–H groups in total. The Morgan fingerprint density at radius 1 is 1.35 bits per heavy atom. The van der Waals surface area contributed by atoms with Gasteiger partial charge in [-0.1, -0.05) is 20.8 Å². The highest BCUT2D eigenvalue weighted by molar-refractivity contribution is 8.00. The Balaban J connectivity index is 2.69. The van der Waals surface area contributed by atoms with Crippen LogP contribution in [0.25, 0.3) is 0 Å². The van der Waals surface area contributed by atoms with E-state index in [9.17, 15) is 4.79 Å². The molecule has 0 fully saturated rings. The van der Waals surface area contributed by atoms with Crippen LogP contribution in [0.4, 0.5) is 0 Å². The molecule has 0 radical (unpaired) electrons. The number of thioether (sulfide) groups is 1. The molecule has 1 atom stereocenters. The average Bonchev–Trinajstić information content (AvgIpc) is 2.48. The summed E-state index contributed by atoms with van der Waals surface area (Å²) < 4.78 is 0. The molecule has 0 aliphatic carbocycles. The lowest BCUT2D eigenvalue weighted by molar-refractivity contribution is -0.126. The van der Waals surface area contributed by atoms with Crippen molar-refractivity contribution in [3.8, 4) is 0 Å². The summed E-state index contributed by atoms with van der Waals surface area (Å²) in [5.74, 6) is 2.03. The second-order valence-corrected chi connectivity index (χ2v) is 6.40. The van der Waals surface area contributed by atoms with Gasteiger partial charge >= 0.3 is 0 Å². The van der Waals surface area contributed by atoms with Crippen LogP contribution < -0.4 is 0 Å². The maximum Gasteiger partial charge on any atom is 0.250 e. The van der Waals surface area contributed by atoms with E-state index in [0.29, 0.717) is 11.3 Å². The maximum atomic E-state index is 12.2. The molecular formula is C14H25NOS. The van der Waals surface area contributed by atoms with Crippen molar-refractivity contribution in [3.05, 3.63) is 11.1 Å². The van der Waals surface area contributed by atoms with Crippen LogP contribution in [-0.4, -0.2) is 28.5 Å². The molecule has 0 saturated heterocycles. The van der Waals surface area contributed by atoms with E-state index in [1.165, 1.54) is 12.0 Å². The standard InChI is InChI=1S/C14H25NOS/c1-6-9-17-14-12(5)11(4)13(16)15(14)8-7-10(2)3/h10,14H,6-9H2,1-5H3/t14-/m0/s1. The van der Waals surface area contributed by atoms with Gasteiger partial charge in [0, 0.05) is 12.1 Å². The Kier molecular flexibility index (Phi) is 5.57. The maximum absolute atomic E-state index is 12.2. The van der Waals surface area contributed by atoms with E-state index in [0.717, 1.165) is 24.3 Å². The van der Waals surface area contributed by atoms with Crippen molar-refractivity contribution in [3.63, 3.8) is 0 Å². The van der Waals surface area contributed by atoms with Crippen molar-refractivity contribution in [2.24, 2.45) is 5.92 Å². The van der Waals surface area contributed by atoms with Crippen LogP contribution in [0.5, 0.6) is 0 Å². The second-order valence-electron chi connectivity index (χ2n) is 5.21. The van der Waals surface area contributed by atoms with Gasteiger partial charge in [-0.15, -0.1) is 11.8 Å². The first-order valence-electron chi connectivity index (χ1n) is 6.59. The molecule has 1 aliphatic heterocycles. The van der Waals surface area contributed by atoms with Crippen LogP contribution >= 0.6 is 11.8 Å². The van der Waals surface area contributed by atoms with Crippen LogP contribution in [0, 0.1) is 5.92 Å². The smallest absolute Gasteiger partial charge is 0.250 e. The summed E-state index contributed by atoms with van der Waals surface area (Å²) in [7, 11) is 0. The van der Waals surface area contributed by atoms with Crippen molar-refractivity contribution in [1.29, 1.82) is 0 Å². The zero-order chi connectivity index (χ0) is 13.0. The van der Waals surface area contributed by atoms with Crippen molar-refractivity contribution < 1.29 is 4.79 Å². The first-order chi connectivity index (χ1) is 7.99. The SMILES string of the molecule is CCCS[C@H]1C(C)=C(C)C(=O)N1CCC(C)C. The fourth-order valence-electron chi connectivity index (χ4n) is 1.97. The summed E-state index contributed by atoms with van der Waals surface area (Å²) in [6.45, 7) is 11.6. The largest absolute Gasteiger partial charge is 0.323 e. The van der Waals surface area contributed by atoms with E-state index >= 15 is 0 Å². The molecule has 0 bridgehead atoms. The van der Waals surface area contributed by atoms with Gasteiger partial charge in [-0.3, -0.25) is 4.79 Å². The van der Waals surface area contributed by atoms with E-state index < -0.39 is 0 Å².